The van der Waals surface area contributed by atoms with E-state index in [0.717, 1.165) is 5.56 Å². The van der Waals surface area contributed by atoms with Gasteiger partial charge in [-0.3, -0.25) is 9.59 Å². The van der Waals surface area contributed by atoms with E-state index in [1.165, 1.54) is 29.2 Å². The summed E-state index contributed by atoms with van der Waals surface area (Å²) in [5.41, 5.74) is 2.13. The number of hydrogen-bond acceptors (Lipinski definition) is 4. The Balaban J connectivity index is 1.54. The first-order chi connectivity index (χ1) is 13.5. The van der Waals surface area contributed by atoms with Gasteiger partial charge in [-0.15, -0.1) is 0 Å². The summed E-state index contributed by atoms with van der Waals surface area (Å²) >= 11 is 0. The average molecular weight is 381 g/mol. The predicted molar refractivity (Wildman–Crippen MR) is 104 cm³/mol. The first-order valence-electron chi connectivity index (χ1n) is 8.89. The van der Waals surface area contributed by atoms with Crippen LogP contribution in [-0.4, -0.2) is 34.8 Å². The minimum Gasteiger partial charge on any atom is -0.437 e. The molecular formula is C21H20FN3O3. The minimum absolute atomic E-state index is 0.0750. The molecule has 1 N–H and O–H groups in total. The van der Waals surface area contributed by atoms with E-state index in [1.54, 1.807) is 25.1 Å². The predicted octanol–water partition coefficient (Wildman–Crippen LogP) is 3.15. The minimum atomic E-state index is -0.330. The topological polar surface area (TPSA) is 75.4 Å². The van der Waals surface area contributed by atoms with Crippen molar-refractivity contribution in [3.05, 3.63) is 71.9 Å². The van der Waals surface area contributed by atoms with Crippen LogP contribution in [-0.2, 0) is 16.1 Å². The summed E-state index contributed by atoms with van der Waals surface area (Å²) in [6, 6.07) is 13.2. The summed E-state index contributed by atoms with van der Waals surface area (Å²) in [5, 5.41) is 2.72. The van der Waals surface area contributed by atoms with Crippen molar-refractivity contribution in [3.8, 4) is 0 Å². The van der Waals surface area contributed by atoms with Crippen LogP contribution < -0.4 is 5.32 Å². The largest absolute Gasteiger partial charge is 0.437 e. The number of rotatable bonds is 7. The van der Waals surface area contributed by atoms with Gasteiger partial charge in [0.2, 0.25) is 17.7 Å². The van der Waals surface area contributed by atoms with Gasteiger partial charge in [0.05, 0.1) is 6.54 Å². The molecule has 6 nitrogen and oxygen atoms in total. The maximum Gasteiger partial charge on any atom is 0.247 e. The third-order valence-corrected chi connectivity index (χ3v) is 4.11. The van der Waals surface area contributed by atoms with E-state index in [2.05, 4.69) is 10.3 Å². The lowest BCUT2D eigenvalue weighted by molar-refractivity contribution is -0.132. The number of nitrogens with zero attached hydrogens (tertiary/aromatic N) is 2. The fourth-order valence-corrected chi connectivity index (χ4v) is 2.59. The number of benzene rings is 2. The van der Waals surface area contributed by atoms with Gasteiger partial charge in [0.25, 0.3) is 0 Å². The zero-order chi connectivity index (χ0) is 19.9. The van der Waals surface area contributed by atoms with Crippen LogP contribution in [0.3, 0.4) is 0 Å². The number of carbonyl (C=O) groups excluding carboxylic acids is 2. The Kier molecular flexibility index (Phi) is 6.16. The quantitative estimate of drug-likeness (QED) is 0.638. The smallest absolute Gasteiger partial charge is 0.247 e. The molecule has 0 aliphatic heterocycles. The fraction of sp³-hybridized carbons (Fsp3) is 0.190. The van der Waals surface area contributed by atoms with Crippen LogP contribution in [0.1, 0.15) is 18.4 Å². The van der Waals surface area contributed by atoms with Crippen molar-refractivity contribution in [2.75, 3.05) is 13.1 Å². The number of halogens is 1. The molecule has 28 heavy (non-hydrogen) atoms. The molecule has 0 aliphatic carbocycles. The van der Waals surface area contributed by atoms with Crippen molar-refractivity contribution in [1.29, 1.82) is 0 Å². The van der Waals surface area contributed by atoms with Crippen molar-refractivity contribution in [2.45, 2.75) is 13.5 Å². The maximum atomic E-state index is 12.9. The van der Waals surface area contributed by atoms with E-state index in [-0.39, 0.29) is 30.7 Å². The van der Waals surface area contributed by atoms with Crippen molar-refractivity contribution in [1.82, 2.24) is 15.2 Å². The van der Waals surface area contributed by atoms with Crippen molar-refractivity contribution < 1.29 is 18.4 Å². The average Bonchev–Trinajstić information content (AvgIpc) is 3.13. The standard InChI is InChI=1S/C21H20FN3O3/c1-2-25(14-19(26)23-13-15-7-9-16(22)10-8-15)21(27)12-11-20-24-17-5-3-4-6-18(17)28-20/h3-12H,2,13-14H2,1H3,(H,23,26). The highest BCUT2D eigenvalue weighted by Gasteiger charge is 2.13. The monoisotopic (exact) mass is 381 g/mol. The molecule has 0 atom stereocenters. The maximum absolute atomic E-state index is 12.9. The number of fused-ring (bicyclic) bond motifs is 1. The molecule has 0 unspecified atom stereocenters. The molecule has 1 aromatic heterocycles. The van der Waals surface area contributed by atoms with Gasteiger partial charge in [-0.1, -0.05) is 24.3 Å². The highest BCUT2D eigenvalue weighted by molar-refractivity contribution is 5.94. The fourth-order valence-electron chi connectivity index (χ4n) is 2.59. The molecule has 0 radical (unpaired) electrons. The number of hydrogen-bond donors (Lipinski definition) is 1. The van der Waals surface area contributed by atoms with Gasteiger partial charge in [0, 0.05) is 25.2 Å². The summed E-state index contributed by atoms with van der Waals surface area (Å²) in [4.78, 5) is 30.1. The first kappa shape index (κ1) is 19.3. The second-order valence-electron chi connectivity index (χ2n) is 6.11. The van der Waals surface area contributed by atoms with Gasteiger partial charge in [-0.05, 0) is 36.8 Å². The second-order valence-corrected chi connectivity index (χ2v) is 6.11. The lowest BCUT2D eigenvalue weighted by Gasteiger charge is -2.18. The molecular weight excluding hydrogens is 361 g/mol. The van der Waals surface area contributed by atoms with E-state index < -0.39 is 0 Å². The molecule has 0 fully saturated rings. The number of nitrogens with one attached hydrogen (secondary N) is 1. The van der Waals surface area contributed by atoms with E-state index in [9.17, 15) is 14.0 Å². The van der Waals surface area contributed by atoms with Gasteiger partial charge >= 0.3 is 0 Å². The summed E-state index contributed by atoms with van der Waals surface area (Å²) < 4.78 is 18.4. The molecule has 2 amide bonds. The molecule has 0 aliphatic rings. The van der Waals surface area contributed by atoms with Gasteiger partial charge < -0.3 is 14.6 Å². The molecule has 0 saturated heterocycles. The lowest BCUT2D eigenvalue weighted by Crippen LogP contribution is -2.39. The summed E-state index contributed by atoms with van der Waals surface area (Å²) in [6.45, 7) is 2.36. The molecule has 0 saturated carbocycles. The van der Waals surface area contributed by atoms with Crippen LogP contribution in [0.25, 0.3) is 17.2 Å². The van der Waals surface area contributed by atoms with Crippen LogP contribution in [0, 0.1) is 5.82 Å². The number of carbonyl (C=O) groups is 2. The van der Waals surface area contributed by atoms with Gasteiger partial charge in [-0.2, -0.15) is 0 Å². The number of oxazole rings is 1. The van der Waals surface area contributed by atoms with E-state index in [1.807, 2.05) is 18.2 Å². The van der Waals surface area contributed by atoms with Crippen LogP contribution in [0.2, 0.25) is 0 Å². The van der Waals surface area contributed by atoms with E-state index in [4.69, 9.17) is 4.42 Å². The summed E-state index contributed by atoms with van der Waals surface area (Å²) in [7, 11) is 0. The molecule has 144 valence electrons. The molecule has 3 aromatic rings. The highest BCUT2D eigenvalue weighted by atomic mass is 19.1. The Bertz CT molecular complexity index is 963. The van der Waals surface area contributed by atoms with Crippen LogP contribution in [0.15, 0.2) is 59.0 Å². The second kappa shape index (κ2) is 8.94. The molecule has 2 aromatic carbocycles. The Morgan fingerprint density at radius 1 is 1.18 bits per heavy atom. The lowest BCUT2D eigenvalue weighted by atomic mass is 10.2. The zero-order valence-corrected chi connectivity index (χ0v) is 15.4. The van der Waals surface area contributed by atoms with Gasteiger partial charge in [0.15, 0.2) is 5.58 Å². The van der Waals surface area contributed by atoms with Crippen LogP contribution >= 0.6 is 0 Å². The molecule has 0 spiro atoms. The Labute approximate surface area is 161 Å². The van der Waals surface area contributed by atoms with Crippen molar-refractivity contribution in [2.24, 2.45) is 0 Å². The third kappa shape index (κ3) is 5.03. The number of amides is 2. The normalized spacial score (nSPS) is 11.1. The molecule has 3 rings (SSSR count). The Morgan fingerprint density at radius 2 is 1.93 bits per heavy atom. The van der Waals surface area contributed by atoms with Crippen molar-refractivity contribution >= 4 is 29.0 Å². The van der Waals surface area contributed by atoms with Crippen LogP contribution in [0.4, 0.5) is 4.39 Å². The van der Waals surface area contributed by atoms with E-state index in [0.29, 0.717) is 23.5 Å². The zero-order valence-electron chi connectivity index (χ0n) is 15.4. The molecule has 0 bridgehead atoms. The Hall–Kier alpha value is -3.48. The van der Waals surface area contributed by atoms with Crippen molar-refractivity contribution in [3.63, 3.8) is 0 Å². The summed E-state index contributed by atoms with van der Waals surface area (Å²) in [5.74, 6) is -0.619. The van der Waals surface area contributed by atoms with E-state index >= 15 is 0 Å². The van der Waals surface area contributed by atoms with Gasteiger partial charge in [-0.25, -0.2) is 9.37 Å². The van der Waals surface area contributed by atoms with Crippen LogP contribution in [0.5, 0.6) is 0 Å². The number of aromatic nitrogens is 1. The number of likely N-dealkylation sites (N-methyl/N-ethyl adjacent to an activating group) is 1. The SMILES string of the molecule is CCN(CC(=O)NCc1ccc(F)cc1)C(=O)C=Cc1nc2ccccc2o1. The van der Waals surface area contributed by atoms with Gasteiger partial charge in [0.1, 0.15) is 11.3 Å². The number of para-hydroxylation sites is 2. The summed E-state index contributed by atoms with van der Waals surface area (Å²) in [6.07, 6.45) is 2.82. The first-order valence-corrected chi connectivity index (χ1v) is 8.89. The highest BCUT2D eigenvalue weighted by Crippen LogP contribution is 2.15. The molecule has 7 heteroatoms. The third-order valence-electron chi connectivity index (χ3n) is 4.11. The molecule has 1 heterocycles. The Morgan fingerprint density at radius 3 is 2.64 bits per heavy atom.